The third kappa shape index (κ3) is 3.90. The van der Waals surface area contributed by atoms with Crippen molar-refractivity contribution in [3.8, 4) is 11.3 Å². The SMILES string of the molecule is CC(C)CCNc1c(-c2ccc(N(C)C)cc2)nc2ccc(Cl)cn12. The second-order valence-corrected chi connectivity index (χ2v) is 7.37. The van der Waals surface area contributed by atoms with Gasteiger partial charge in [0.15, 0.2) is 0 Å². The summed E-state index contributed by atoms with van der Waals surface area (Å²) in [5.74, 6) is 1.65. The van der Waals surface area contributed by atoms with Crippen molar-refractivity contribution in [1.29, 1.82) is 0 Å². The molecule has 0 aliphatic carbocycles. The van der Waals surface area contributed by atoms with Crippen LogP contribution in [0.3, 0.4) is 0 Å². The van der Waals surface area contributed by atoms with Crippen LogP contribution in [-0.2, 0) is 0 Å². The Morgan fingerprint density at radius 3 is 2.48 bits per heavy atom. The van der Waals surface area contributed by atoms with Crippen molar-refractivity contribution < 1.29 is 0 Å². The van der Waals surface area contributed by atoms with Crippen LogP contribution in [0.25, 0.3) is 16.9 Å². The van der Waals surface area contributed by atoms with E-state index in [0.29, 0.717) is 10.9 Å². The van der Waals surface area contributed by atoms with Crippen molar-refractivity contribution in [1.82, 2.24) is 9.38 Å². The third-order valence-corrected chi connectivity index (χ3v) is 4.48. The molecule has 0 radical (unpaired) electrons. The van der Waals surface area contributed by atoms with E-state index in [4.69, 9.17) is 16.6 Å². The predicted octanol–water partition coefficient (Wildman–Crippen LogP) is 5.18. The lowest BCUT2D eigenvalue weighted by molar-refractivity contribution is 0.606. The molecule has 3 rings (SSSR count). The Labute approximate surface area is 154 Å². The highest BCUT2D eigenvalue weighted by atomic mass is 35.5. The smallest absolute Gasteiger partial charge is 0.139 e. The fourth-order valence-electron chi connectivity index (χ4n) is 2.79. The number of nitrogens with zero attached hydrogens (tertiary/aromatic N) is 3. The molecule has 0 amide bonds. The van der Waals surface area contributed by atoms with Crippen LogP contribution < -0.4 is 10.2 Å². The monoisotopic (exact) mass is 356 g/mol. The summed E-state index contributed by atoms with van der Waals surface area (Å²) in [7, 11) is 4.08. The van der Waals surface area contributed by atoms with Gasteiger partial charge in [0.05, 0.1) is 5.02 Å². The van der Waals surface area contributed by atoms with Crippen molar-refractivity contribution in [3.05, 3.63) is 47.6 Å². The summed E-state index contributed by atoms with van der Waals surface area (Å²) >= 11 is 6.20. The number of imidazole rings is 1. The van der Waals surface area contributed by atoms with E-state index >= 15 is 0 Å². The molecule has 2 heterocycles. The first-order valence-corrected chi connectivity index (χ1v) is 9.02. The molecule has 0 fully saturated rings. The molecule has 4 nitrogen and oxygen atoms in total. The molecular weight excluding hydrogens is 332 g/mol. The van der Waals surface area contributed by atoms with E-state index in [1.165, 1.54) is 5.69 Å². The van der Waals surface area contributed by atoms with Gasteiger partial charge in [-0.2, -0.15) is 0 Å². The Kier molecular flexibility index (Phi) is 5.19. The average molecular weight is 357 g/mol. The number of hydrogen-bond acceptors (Lipinski definition) is 3. The Bertz CT molecular complexity index is 850. The molecule has 0 saturated heterocycles. The number of hydrogen-bond donors (Lipinski definition) is 1. The lowest BCUT2D eigenvalue weighted by atomic mass is 10.1. The van der Waals surface area contributed by atoms with Gasteiger partial charge in [-0.1, -0.05) is 37.6 Å². The quantitative estimate of drug-likeness (QED) is 0.660. The first kappa shape index (κ1) is 17.6. The molecule has 0 bridgehead atoms. The predicted molar refractivity (Wildman–Crippen MR) is 108 cm³/mol. The minimum Gasteiger partial charge on any atom is -0.378 e. The number of fused-ring (bicyclic) bond motifs is 1. The molecule has 1 aromatic carbocycles. The number of nitrogens with one attached hydrogen (secondary N) is 1. The first-order valence-electron chi connectivity index (χ1n) is 8.65. The molecule has 25 heavy (non-hydrogen) atoms. The Morgan fingerprint density at radius 1 is 1.12 bits per heavy atom. The molecule has 132 valence electrons. The van der Waals surface area contributed by atoms with Crippen LogP contribution in [0.2, 0.25) is 5.02 Å². The van der Waals surface area contributed by atoms with Gasteiger partial charge in [-0.05, 0) is 36.6 Å². The standard InChI is InChI=1S/C20H25ClN4/c1-14(2)11-12-22-20-19(15-5-8-17(9-6-15)24(3)4)23-18-10-7-16(21)13-25(18)20/h5-10,13-14,22H,11-12H2,1-4H3. The molecule has 0 aliphatic heterocycles. The maximum Gasteiger partial charge on any atom is 0.139 e. The van der Waals surface area contributed by atoms with Gasteiger partial charge in [-0.3, -0.25) is 4.40 Å². The van der Waals surface area contributed by atoms with Crippen molar-refractivity contribution in [2.75, 3.05) is 30.9 Å². The van der Waals surface area contributed by atoms with Crippen LogP contribution >= 0.6 is 11.6 Å². The largest absolute Gasteiger partial charge is 0.378 e. The molecule has 0 saturated carbocycles. The highest BCUT2D eigenvalue weighted by Crippen LogP contribution is 2.31. The van der Waals surface area contributed by atoms with Crippen LogP contribution in [0.4, 0.5) is 11.5 Å². The minimum atomic E-state index is 0.651. The van der Waals surface area contributed by atoms with Crippen molar-refractivity contribution in [2.24, 2.45) is 5.92 Å². The molecule has 0 aliphatic rings. The second-order valence-electron chi connectivity index (χ2n) is 6.94. The van der Waals surface area contributed by atoms with E-state index in [9.17, 15) is 0 Å². The normalized spacial score (nSPS) is 11.3. The minimum absolute atomic E-state index is 0.651. The molecule has 0 unspecified atom stereocenters. The highest BCUT2D eigenvalue weighted by molar-refractivity contribution is 6.30. The van der Waals surface area contributed by atoms with Gasteiger partial charge in [0, 0.05) is 38.1 Å². The van der Waals surface area contributed by atoms with Gasteiger partial charge >= 0.3 is 0 Å². The summed E-state index contributed by atoms with van der Waals surface area (Å²) < 4.78 is 2.04. The fraction of sp³-hybridized carbons (Fsp3) is 0.350. The van der Waals surface area contributed by atoms with Crippen LogP contribution in [-0.4, -0.2) is 30.0 Å². The molecular formula is C20H25ClN4. The van der Waals surface area contributed by atoms with Gasteiger partial charge in [-0.15, -0.1) is 0 Å². The van der Waals surface area contributed by atoms with E-state index in [0.717, 1.165) is 35.7 Å². The van der Waals surface area contributed by atoms with Crippen LogP contribution in [0, 0.1) is 5.92 Å². The number of aromatic nitrogens is 2. The van der Waals surface area contributed by atoms with Gasteiger partial charge in [-0.25, -0.2) is 4.98 Å². The maximum atomic E-state index is 6.20. The number of anilines is 2. The Balaban J connectivity index is 2.03. The summed E-state index contributed by atoms with van der Waals surface area (Å²) in [5, 5.41) is 4.26. The lowest BCUT2D eigenvalue weighted by Gasteiger charge is -2.13. The van der Waals surface area contributed by atoms with Gasteiger partial charge in [0.1, 0.15) is 17.2 Å². The zero-order valence-electron chi connectivity index (χ0n) is 15.3. The van der Waals surface area contributed by atoms with Gasteiger partial charge in [0.25, 0.3) is 0 Å². The highest BCUT2D eigenvalue weighted by Gasteiger charge is 2.14. The fourth-order valence-corrected chi connectivity index (χ4v) is 2.95. The molecule has 2 aromatic heterocycles. The number of pyridine rings is 1. The summed E-state index contributed by atoms with van der Waals surface area (Å²) in [4.78, 5) is 6.92. The number of rotatable bonds is 6. The molecule has 5 heteroatoms. The molecule has 3 aromatic rings. The maximum absolute atomic E-state index is 6.20. The van der Waals surface area contributed by atoms with Crippen molar-refractivity contribution in [3.63, 3.8) is 0 Å². The summed E-state index contributed by atoms with van der Waals surface area (Å²) in [6, 6.07) is 12.3. The van der Waals surface area contributed by atoms with Crippen LogP contribution in [0.15, 0.2) is 42.6 Å². The number of halogens is 1. The summed E-state index contributed by atoms with van der Waals surface area (Å²) in [5.41, 5.74) is 4.11. The average Bonchev–Trinajstić information content (AvgIpc) is 2.92. The number of benzene rings is 1. The van der Waals surface area contributed by atoms with Gasteiger partial charge < -0.3 is 10.2 Å². The topological polar surface area (TPSA) is 32.6 Å². The van der Waals surface area contributed by atoms with E-state index < -0.39 is 0 Å². The van der Waals surface area contributed by atoms with Crippen LogP contribution in [0.1, 0.15) is 20.3 Å². The van der Waals surface area contributed by atoms with Gasteiger partial charge in [0.2, 0.25) is 0 Å². The second kappa shape index (κ2) is 7.36. The lowest BCUT2D eigenvalue weighted by Crippen LogP contribution is -2.08. The Morgan fingerprint density at radius 2 is 1.84 bits per heavy atom. The first-order chi connectivity index (χ1) is 12.0. The summed E-state index contributed by atoms with van der Waals surface area (Å²) in [6.07, 6.45) is 3.02. The van der Waals surface area contributed by atoms with E-state index in [1.54, 1.807) is 0 Å². The Hall–Kier alpha value is -2.20. The van der Waals surface area contributed by atoms with E-state index in [2.05, 4.69) is 48.3 Å². The molecule has 0 atom stereocenters. The van der Waals surface area contributed by atoms with Crippen LogP contribution in [0.5, 0.6) is 0 Å². The summed E-state index contributed by atoms with van der Waals surface area (Å²) in [6.45, 7) is 5.36. The molecule has 0 spiro atoms. The third-order valence-electron chi connectivity index (χ3n) is 4.25. The van der Waals surface area contributed by atoms with E-state index in [-0.39, 0.29) is 0 Å². The zero-order chi connectivity index (χ0) is 18.0. The van der Waals surface area contributed by atoms with Crippen molar-refractivity contribution >= 4 is 28.8 Å². The van der Waals surface area contributed by atoms with Crippen molar-refractivity contribution in [2.45, 2.75) is 20.3 Å². The van der Waals surface area contributed by atoms with E-state index in [1.807, 2.05) is 36.8 Å². The molecule has 1 N–H and O–H groups in total. The zero-order valence-corrected chi connectivity index (χ0v) is 16.0.